The Balaban J connectivity index is 1.50. The van der Waals surface area contributed by atoms with Gasteiger partial charge in [-0.3, -0.25) is 10.1 Å². The second kappa shape index (κ2) is 12.9. The van der Waals surface area contributed by atoms with Gasteiger partial charge in [0, 0.05) is 11.6 Å². The van der Waals surface area contributed by atoms with Crippen molar-refractivity contribution in [1.82, 2.24) is 30.8 Å². The molecule has 0 aliphatic carbocycles. The number of benzene rings is 4. The number of carbonyl (C=O) groups excluding carboxylic acids is 1. The van der Waals surface area contributed by atoms with Crippen LogP contribution in [0.5, 0.6) is 0 Å². The van der Waals surface area contributed by atoms with Crippen molar-refractivity contribution in [2.45, 2.75) is 38.5 Å². The zero-order valence-electron chi connectivity index (χ0n) is 23.1. The van der Waals surface area contributed by atoms with Crippen LogP contribution in [0.3, 0.4) is 0 Å². The number of hydrogen-bond acceptors (Lipinski definition) is 5. The number of aromatic nitrogens is 4. The summed E-state index contributed by atoms with van der Waals surface area (Å²) in [5.74, 6) is 0.498. The first-order valence-corrected chi connectivity index (χ1v) is 14.1. The SMILES string of the molecule is CC(C)[C@@H](NC(c1ccccc1)(c1ccccc1)c1ccccc1)c1nnnn1CC(=O)NCc1ccc(Cl)cc1. The Bertz CT molecular complexity index is 1440. The van der Waals surface area contributed by atoms with Gasteiger partial charge in [-0.05, 0) is 50.7 Å². The Morgan fingerprint density at radius 1 is 0.805 bits per heavy atom. The van der Waals surface area contributed by atoms with E-state index in [2.05, 4.69) is 113 Å². The third-order valence-corrected chi connectivity index (χ3v) is 7.45. The van der Waals surface area contributed by atoms with Crippen LogP contribution in [-0.2, 0) is 23.4 Å². The molecule has 1 heterocycles. The number of nitrogens with zero attached hydrogens (tertiary/aromatic N) is 4. The highest BCUT2D eigenvalue weighted by molar-refractivity contribution is 6.30. The molecule has 7 nitrogen and oxygen atoms in total. The van der Waals surface area contributed by atoms with Crippen molar-refractivity contribution in [2.24, 2.45) is 5.92 Å². The van der Waals surface area contributed by atoms with Crippen LogP contribution < -0.4 is 10.6 Å². The number of amides is 1. The molecule has 0 radical (unpaired) electrons. The first-order valence-electron chi connectivity index (χ1n) is 13.7. The maximum atomic E-state index is 13.0. The molecule has 1 amide bonds. The summed E-state index contributed by atoms with van der Waals surface area (Å²) >= 11 is 5.99. The topological polar surface area (TPSA) is 84.7 Å². The number of halogens is 1. The molecule has 0 saturated heterocycles. The molecule has 1 atom stereocenters. The van der Waals surface area contributed by atoms with Crippen LogP contribution >= 0.6 is 11.6 Å². The van der Waals surface area contributed by atoms with Gasteiger partial charge >= 0.3 is 0 Å². The zero-order chi connectivity index (χ0) is 28.7. The average molecular weight is 565 g/mol. The molecule has 2 N–H and O–H groups in total. The largest absolute Gasteiger partial charge is 0.350 e. The minimum absolute atomic E-state index is 0.00413. The maximum absolute atomic E-state index is 13.0. The maximum Gasteiger partial charge on any atom is 0.242 e. The van der Waals surface area contributed by atoms with E-state index < -0.39 is 5.54 Å². The molecule has 0 saturated carbocycles. The van der Waals surface area contributed by atoms with Crippen molar-refractivity contribution in [3.05, 3.63) is 148 Å². The van der Waals surface area contributed by atoms with Crippen LogP contribution in [0.2, 0.25) is 5.02 Å². The molecule has 8 heteroatoms. The molecule has 4 aromatic carbocycles. The molecule has 0 aliphatic heterocycles. The van der Waals surface area contributed by atoms with E-state index in [0.29, 0.717) is 17.4 Å². The van der Waals surface area contributed by atoms with Gasteiger partial charge in [-0.1, -0.05) is 129 Å². The van der Waals surface area contributed by atoms with Crippen molar-refractivity contribution >= 4 is 17.5 Å². The lowest BCUT2D eigenvalue weighted by atomic mass is 9.76. The van der Waals surface area contributed by atoms with Gasteiger partial charge in [0.05, 0.1) is 11.6 Å². The summed E-state index contributed by atoms with van der Waals surface area (Å²) in [6.45, 7) is 4.64. The summed E-state index contributed by atoms with van der Waals surface area (Å²) in [6, 6.07) is 38.3. The van der Waals surface area contributed by atoms with Crippen LogP contribution in [-0.4, -0.2) is 26.1 Å². The number of hydrogen-bond donors (Lipinski definition) is 2. The van der Waals surface area contributed by atoms with Crippen molar-refractivity contribution in [1.29, 1.82) is 0 Å². The Labute approximate surface area is 245 Å². The van der Waals surface area contributed by atoms with Gasteiger partial charge in [-0.25, -0.2) is 4.68 Å². The van der Waals surface area contributed by atoms with Crippen molar-refractivity contribution < 1.29 is 4.79 Å². The lowest BCUT2D eigenvalue weighted by molar-refractivity contribution is -0.122. The molecular weight excluding hydrogens is 532 g/mol. The fraction of sp³-hybridized carbons (Fsp3) is 0.212. The van der Waals surface area contributed by atoms with Gasteiger partial charge < -0.3 is 5.32 Å². The lowest BCUT2D eigenvalue weighted by Gasteiger charge is -2.41. The fourth-order valence-corrected chi connectivity index (χ4v) is 5.24. The van der Waals surface area contributed by atoms with Crippen molar-refractivity contribution in [2.75, 3.05) is 0 Å². The monoisotopic (exact) mass is 564 g/mol. The molecule has 0 unspecified atom stereocenters. The Kier molecular flexibility index (Phi) is 8.87. The van der Waals surface area contributed by atoms with E-state index in [1.165, 1.54) is 0 Å². The summed E-state index contributed by atoms with van der Waals surface area (Å²) in [6.07, 6.45) is 0. The third kappa shape index (κ3) is 6.37. The lowest BCUT2D eigenvalue weighted by Crippen LogP contribution is -2.48. The smallest absolute Gasteiger partial charge is 0.242 e. The standard InChI is InChI=1S/C33H33ClN6O/c1-24(2)31(32-37-38-39-40(32)23-30(41)35-22-25-18-20-29(34)21-19-25)36-33(26-12-6-3-7-13-26,27-14-8-4-9-15-27)28-16-10-5-11-17-28/h3-21,24,31,36H,22-23H2,1-2H3,(H,35,41)/t31-/m1/s1. The molecule has 0 bridgehead atoms. The fourth-order valence-electron chi connectivity index (χ4n) is 5.12. The van der Waals surface area contributed by atoms with Gasteiger partial charge in [0.1, 0.15) is 6.54 Å². The van der Waals surface area contributed by atoms with E-state index in [0.717, 1.165) is 22.3 Å². The van der Waals surface area contributed by atoms with Gasteiger partial charge in [0.15, 0.2) is 5.82 Å². The van der Waals surface area contributed by atoms with Crippen LogP contribution in [0.4, 0.5) is 0 Å². The molecule has 41 heavy (non-hydrogen) atoms. The summed E-state index contributed by atoms with van der Waals surface area (Å²) in [5, 5.41) is 20.2. The molecule has 0 aliphatic rings. The zero-order valence-corrected chi connectivity index (χ0v) is 23.9. The summed E-state index contributed by atoms with van der Waals surface area (Å²) in [7, 11) is 0. The van der Waals surface area contributed by atoms with E-state index in [9.17, 15) is 4.79 Å². The first-order chi connectivity index (χ1) is 20.0. The molecule has 1 aromatic heterocycles. The van der Waals surface area contributed by atoms with Crippen LogP contribution in [0, 0.1) is 5.92 Å². The summed E-state index contributed by atoms with van der Waals surface area (Å²) in [5.41, 5.74) is 3.50. The Morgan fingerprint density at radius 2 is 1.32 bits per heavy atom. The van der Waals surface area contributed by atoms with E-state index in [1.54, 1.807) is 16.8 Å². The number of nitrogens with one attached hydrogen (secondary N) is 2. The predicted octanol–water partition coefficient (Wildman–Crippen LogP) is 5.92. The minimum atomic E-state index is -0.716. The quantitative estimate of drug-likeness (QED) is 0.194. The number of rotatable bonds is 11. The molecule has 0 spiro atoms. The molecule has 5 aromatic rings. The third-order valence-electron chi connectivity index (χ3n) is 7.19. The van der Waals surface area contributed by atoms with Gasteiger partial charge in [-0.15, -0.1) is 5.10 Å². The minimum Gasteiger partial charge on any atom is -0.350 e. The first kappa shape index (κ1) is 28.2. The highest BCUT2D eigenvalue weighted by atomic mass is 35.5. The van der Waals surface area contributed by atoms with Gasteiger partial charge in [0.25, 0.3) is 0 Å². The number of tetrazole rings is 1. The van der Waals surface area contributed by atoms with Gasteiger partial charge in [-0.2, -0.15) is 0 Å². The highest BCUT2D eigenvalue weighted by Gasteiger charge is 2.40. The Morgan fingerprint density at radius 3 is 1.80 bits per heavy atom. The average Bonchev–Trinajstić information content (AvgIpc) is 3.46. The second-order valence-corrected chi connectivity index (χ2v) is 10.7. The van der Waals surface area contributed by atoms with E-state index in [4.69, 9.17) is 11.6 Å². The number of carbonyl (C=O) groups is 1. The van der Waals surface area contributed by atoms with Gasteiger partial charge in [0.2, 0.25) is 5.91 Å². The summed E-state index contributed by atoms with van der Waals surface area (Å²) in [4.78, 5) is 13.0. The normalized spacial score (nSPS) is 12.3. The highest BCUT2D eigenvalue weighted by Crippen LogP contribution is 2.40. The molecular formula is C33H33ClN6O. The second-order valence-electron chi connectivity index (χ2n) is 10.3. The molecule has 5 rings (SSSR count). The van der Waals surface area contributed by atoms with Crippen molar-refractivity contribution in [3.63, 3.8) is 0 Å². The molecule has 0 fully saturated rings. The van der Waals surface area contributed by atoms with E-state index in [1.807, 2.05) is 30.3 Å². The van der Waals surface area contributed by atoms with E-state index >= 15 is 0 Å². The van der Waals surface area contributed by atoms with Crippen LogP contribution in [0.25, 0.3) is 0 Å². The van der Waals surface area contributed by atoms with E-state index in [-0.39, 0.29) is 24.4 Å². The van der Waals surface area contributed by atoms with Crippen LogP contribution in [0.1, 0.15) is 48.0 Å². The predicted molar refractivity (Wildman–Crippen MR) is 161 cm³/mol. The van der Waals surface area contributed by atoms with Crippen LogP contribution in [0.15, 0.2) is 115 Å². The summed E-state index contributed by atoms with van der Waals surface area (Å²) < 4.78 is 1.58. The van der Waals surface area contributed by atoms with Crippen molar-refractivity contribution in [3.8, 4) is 0 Å². The molecule has 208 valence electrons. The Hall–Kier alpha value is -4.33.